The van der Waals surface area contributed by atoms with Gasteiger partial charge in [0.2, 0.25) is 0 Å². The third kappa shape index (κ3) is 1.90. The van der Waals surface area contributed by atoms with Crippen LogP contribution in [0.15, 0.2) is 28.1 Å². The van der Waals surface area contributed by atoms with Gasteiger partial charge in [-0.3, -0.25) is 0 Å². The third-order valence-electron chi connectivity index (χ3n) is 0.795. The molecule has 0 fully saturated rings. The lowest BCUT2D eigenvalue weighted by molar-refractivity contribution is 0.554. The molecule has 9 heavy (non-hydrogen) atoms. The molecule has 1 aromatic heterocycles. The van der Waals surface area contributed by atoms with E-state index in [2.05, 4.69) is 0 Å². The second kappa shape index (κ2) is 2.69. The molecular weight excluding hydrogens is 143 g/mol. The van der Waals surface area contributed by atoms with Crippen LogP contribution < -0.4 is 0 Å². The smallest absolute Gasteiger partial charge is 0.192 e. The molecule has 0 bridgehead atoms. The van der Waals surface area contributed by atoms with E-state index in [1.165, 1.54) is 6.26 Å². The Labute approximate surface area is 56.7 Å². The summed E-state index contributed by atoms with van der Waals surface area (Å²) in [5, 5.41) is -0.773. The van der Waals surface area contributed by atoms with E-state index < -0.39 is 5.29 Å². The maximum atomic E-state index is 11.8. The third-order valence-corrected chi connectivity index (χ3v) is 0.904. The van der Waals surface area contributed by atoms with Crippen molar-refractivity contribution in [3.63, 3.8) is 0 Å². The van der Waals surface area contributed by atoms with Gasteiger partial charge in [0.1, 0.15) is 5.76 Å². The van der Waals surface area contributed by atoms with E-state index in [9.17, 15) is 4.39 Å². The first-order valence-electron chi connectivity index (χ1n) is 2.35. The van der Waals surface area contributed by atoms with Gasteiger partial charge >= 0.3 is 0 Å². The predicted octanol–water partition coefficient (Wildman–Crippen LogP) is 2.79. The second-order valence-corrected chi connectivity index (χ2v) is 1.81. The summed E-state index contributed by atoms with van der Waals surface area (Å²) < 4.78 is 16.6. The van der Waals surface area contributed by atoms with Gasteiger partial charge in [-0.2, -0.15) is 4.39 Å². The first-order chi connectivity index (χ1) is 4.29. The molecule has 3 heteroatoms. The molecule has 0 amide bonds. The van der Waals surface area contributed by atoms with Crippen molar-refractivity contribution >= 4 is 17.7 Å². The molecule has 0 unspecified atom stereocenters. The van der Waals surface area contributed by atoms with Crippen LogP contribution in [0.4, 0.5) is 4.39 Å². The van der Waals surface area contributed by atoms with Crippen molar-refractivity contribution in [3.05, 3.63) is 29.4 Å². The molecule has 0 aliphatic heterocycles. The van der Waals surface area contributed by atoms with E-state index in [1.807, 2.05) is 0 Å². The van der Waals surface area contributed by atoms with Crippen molar-refractivity contribution in [2.75, 3.05) is 0 Å². The molecule has 0 aliphatic carbocycles. The first kappa shape index (κ1) is 6.36. The lowest BCUT2D eigenvalue weighted by atomic mass is 10.4. The van der Waals surface area contributed by atoms with Crippen LogP contribution in [-0.4, -0.2) is 0 Å². The highest BCUT2D eigenvalue weighted by atomic mass is 35.5. The minimum absolute atomic E-state index is 0.419. The van der Waals surface area contributed by atoms with E-state index in [1.54, 1.807) is 12.1 Å². The van der Waals surface area contributed by atoms with Crippen LogP contribution in [0.25, 0.3) is 6.08 Å². The molecular formula is C6H4ClFO. The number of halogens is 2. The normalized spacial score (nSPS) is 12.0. The quantitative estimate of drug-likeness (QED) is 0.594. The molecule has 0 atom stereocenters. The fourth-order valence-corrected chi connectivity index (χ4v) is 0.588. The molecule has 0 aliphatic rings. The summed E-state index contributed by atoms with van der Waals surface area (Å²) in [6, 6.07) is 3.27. The highest BCUT2D eigenvalue weighted by Crippen LogP contribution is 2.10. The zero-order valence-electron chi connectivity index (χ0n) is 4.47. The van der Waals surface area contributed by atoms with Crippen molar-refractivity contribution in [2.45, 2.75) is 0 Å². The summed E-state index contributed by atoms with van der Waals surface area (Å²) in [4.78, 5) is 0. The fraction of sp³-hybridized carbons (Fsp3) is 0. The largest absolute Gasteiger partial charge is 0.465 e. The van der Waals surface area contributed by atoms with Crippen molar-refractivity contribution < 1.29 is 8.81 Å². The maximum absolute atomic E-state index is 11.8. The van der Waals surface area contributed by atoms with E-state index >= 15 is 0 Å². The van der Waals surface area contributed by atoms with Crippen LogP contribution in [0.5, 0.6) is 0 Å². The standard InChI is InChI=1S/C6H4ClFO/c7-6(8)4-5-2-1-3-9-5/h1-4H/b6-4-. The van der Waals surface area contributed by atoms with Crippen molar-refractivity contribution in [2.24, 2.45) is 0 Å². The molecule has 0 N–H and O–H groups in total. The van der Waals surface area contributed by atoms with E-state index in [0.717, 1.165) is 6.08 Å². The average Bonchev–Trinajstić information content (AvgIpc) is 2.15. The monoisotopic (exact) mass is 146 g/mol. The van der Waals surface area contributed by atoms with Gasteiger partial charge in [-0.15, -0.1) is 0 Å². The minimum Gasteiger partial charge on any atom is -0.465 e. The van der Waals surface area contributed by atoms with E-state index in [-0.39, 0.29) is 0 Å². The Morgan fingerprint density at radius 3 is 3.00 bits per heavy atom. The summed E-state index contributed by atoms with van der Waals surface area (Å²) in [6.07, 6.45) is 2.55. The molecule has 1 nitrogen and oxygen atoms in total. The number of furan rings is 1. The van der Waals surface area contributed by atoms with Gasteiger partial charge in [-0.25, -0.2) is 0 Å². The highest BCUT2D eigenvalue weighted by Gasteiger charge is 1.90. The number of rotatable bonds is 1. The Hall–Kier alpha value is -0.760. The van der Waals surface area contributed by atoms with Gasteiger partial charge < -0.3 is 4.42 Å². The molecule has 1 aromatic rings. The summed E-state index contributed by atoms with van der Waals surface area (Å²) in [7, 11) is 0. The summed E-state index contributed by atoms with van der Waals surface area (Å²) in [6.45, 7) is 0. The Morgan fingerprint density at radius 1 is 1.78 bits per heavy atom. The van der Waals surface area contributed by atoms with E-state index in [0.29, 0.717) is 5.76 Å². The Bertz CT molecular complexity index is 199. The predicted molar refractivity (Wildman–Crippen MR) is 33.6 cm³/mol. The topological polar surface area (TPSA) is 13.1 Å². The van der Waals surface area contributed by atoms with Gasteiger partial charge in [0.25, 0.3) is 0 Å². The van der Waals surface area contributed by atoms with Gasteiger partial charge in [0, 0.05) is 6.08 Å². The summed E-state index contributed by atoms with van der Waals surface area (Å²) in [5.74, 6) is 0.419. The SMILES string of the molecule is F/C(Cl)=C\c1ccco1. The Morgan fingerprint density at radius 2 is 2.56 bits per heavy atom. The molecule has 0 spiro atoms. The second-order valence-electron chi connectivity index (χ2n) is 1.45. The van der Waals surface area contributed by atoms with Crippen molar-refractivity contribution in [1.29, 1.82) is 0 Å². The molecule has 1 heterocycles. The molecule has 48 valence electrons. The molecule has 0 saturated heterocycles. The van der Waals surface area contributed by atoms with E-state index in [4.69, 9.17) is 16.0 Å². The lowest BCUT2D eigenvalue weighted by Crippen LogP contribution is -1.58. The van der Waals surface area contributed by atoms with Gasteiger partial charge in [-0.05, 0) is 12.1 Å². The van der Waals surface area contributed by atoms with Gasteiger partial charge in [-0.1, -0.05) is 11.6 Å². The zero-order valence-corrected chi connectivity index (χ0v) is 5.23. The zero-order chi connectivity index (χ0) is 6.69. The average molecular weight is 147 g/mol. The summed E-state index contributed by atoms with van der Waals surface area (Å²) >= 11 is 4.90. The molecule has 0 aromatic carbocycles. The van der Waals surface area contributed by atoms with Crippen LogP contribution >= 0.6 is 11.6 Å². The Balaban J connectivity index is 2.80. The van der Waals surface area contributed by atoms with Gasteiger partial charge in [0.05, 0.1) is 6.26 Å². The first-order valence-corrected chi connectivity index (χ1v) is 2.73. The van der Waals surface area contributed by atoms with Crippen LogP contribution in [0.2, 0.25) is 0 Å². The van der Waals surface area contributed by atoms with Crippen LogP contribution in [0, 0.1) is 0 Å². The molecule has 0 saturated carbocycles. The summed E-state index contributed by atoms with van der Waals surface area (Å²) in [5.41, 5.74) is 0. The van der Waals surface area contributed by atoms with Gasteiger partial charge in [0.15, 0.2) is 5.29 Å². The minimum atomic E-state index is -0.773. The van der Waals surface area contributed by atoms with Crippen LogP contribution in [-0.2, 0) is 0 Å². The molecule has 1 rings (SSSR count). The number of hydrogen-bond acceptors (Lipinski definition) is 1. The van der Waals surface area contributed by atoms with Crippen LogP contribution in [0.3, 0.4) is 0 Å². The highest BCUT2D eigenvalue weighted by molar-refractivity contribution is 6.29. The number of hydrogen-bond donors (Lipinski definition) is 0. The van der Waals surface area contributed by atoms with Crippen LogP contribution in [0.1, 0.15) is 5.76 Å². The lowest BCUT2D eigenvalue weighted by Gasteiger charge is -1.79. The Kier molecular flexibility index (Phi) is 1.90. The molecule has 0 radical (unpaired) electrons. The van der Waals surface area contributed by atoms with Crippen molar-refractivity contribution in [1.82, 2.24) is 0 Å². The van der Waals surface area contributed by atoms with Crippen molar-refractivity contribution in [3.8, 4) is 0 Å². The maximum Gasteiger partial charge on any atom is 0.192 e. The fourth-order valence-electron chi connectivity index (χ4n) is 0.481.